The molecule has 1 aromatic rings. The summed E-state index contributed by atoms with van der Waals surface area (Å²) in [6.45, 7) is 9.10. The molecule has 3 rings (SSSR count). The van der Waals surface area contributed by atoms with Crippen molar-refractivity contribution >= 4 is 0 Å². The third kappa shape index (κ3) is 2.32. The van der Waals surface area contributed by atoms with Crippen LogP contribution >= 0.6 is 0 Å². The highest BCUT2D eigenvalue weighted by Crippen LogP contribution is 2.32. The Morgan fingerprint density at radius 1 is 1.42 bits per heavy atom. The second-order valence-electron chi connectivity index (χ2n) is 6.17. The van der Waals surface area contributed by atoms with Crippen LogP contribution in [-0.4, -0.2) is 41.1 Å². The highest BCUT2D eigenvalue weighted by molar-refractivity contribution is 5.22. The van der Waals surface area contributed by atoms with Gasteiger partial charge in [0.25, 0.3) is 0 Å². The molecule has 2 aliphatic rings. The summed E-state index contributed by atoms with van der Waals surface area (Å²) >= 11 is 0. The maximum absolute atomic E-state index is 4.88. The highest BCUT2D eigenvalue weighted by Gasteiger charge is 2.30. The van der Waals surface area contributed by atoms with Crippen molar-refractivity contribution in [2.45, 2.75) is 45.7 Å². The third-order valence-electron chi connectivity index (χ3n) is 4.71. The van der Waals surface area contributed by atoms with E-state index < -0.39 is 0 Å². The topological polar surface area (TPSA) is 33.1 Å². The summed E-state index contributed by atoms with van der Waals surface area (Å²) in [4.78, 5) is 7.34. The van der Waals surface area contributed by atoms with E-state index in [-0.39, 0.29) is 0 Å². The number of hydrogen-bond acceptors (Lipinski definition) is 3. The van der Waals surface area contributed by atoms with E-state index >= 15 is 0 Å². The van der Waals surface area contributed by atoms with E-state index in [0.717, 1.165) is 31.8 Å². The smallest absolute Gasteiger partial charge is 0.109 e. The summed E-state index contributed by atoms with van der Waals surface area (Å²) in [6.07, 6.45) is 3.45. The molecule has 0 bridgehead atoms. The Morgan fingerprint density at radius 2 is 2.26 bits per heavy atom. The Bertz CT molecular complexity index is 451. The minimum atomic E-state index is 0.653. The first-order valence-corrected chi connectivity index (χ1v) is 7.68. The zero-order chi connectivity index (χ0) is 13.4. The van der Waals surface area contributed by atoms with Crippen molar-refractivity contribution in [3.05, 3.63) is 17.2 Å². The number of rotatable bonds is 2. The standard InChI is InChI=1S/C15H26N4/c1-4-15-17-12-9-16-7-5-14(12)19(15)13-6-8-18(3)10-11(13)2/h11,13,16H,4-10H2,1-3H3. The summed E-state index contributed by atoms with van der Waals surface area (Å²) in [6, 6.07) is 0.653. The molecule has 0 spiro atoms. The van der Waals surface area contributed by atoms with Gasteiger partial charge < -0.3 is 14.8 Å². The molecule has 0 aromatic carbocycles. The summed E-state index contributed by atoms with van der Waals surface area (Å²) in [5, 5.41) is 3.44. The predicted molar refractivity (Wildman–Crippen MR) is 77.3 cm³/mol. The molecule has 0 aliphatic carbocycles. The molecule has 1 fully saturated rings. The lowest BCUT2D eigenvalue weighted by atomic mass is 9.93. The lowest BCUT2D eigenvalue weighted by Crippen LogP contribution is -2.39. The molecule has 2 atom stereocenters. The van der Waals surface area contributed by atoms with Crippen molar-refractivity contribution in [3.63, 3.8) is 0 Å². The molecule has 2 aliphatic heterocycles. The lowest BCUT2D eigenvalue weighted by Gasteiger charge is -2.37. The number of hydrogen-bond donors (Lipinski definition) is 1. The van der Waals surface area contributed by atoms with Gasteiger partial charge in [0, 0.05) is 44.2 Å². The van der Waals surface area contributed by atoms with Crippen LogP contribution in [0.25, 0.3) is 0 Å². The van der Waals surface area contributed by atoms with E-state index in [1.54, 1.807) is 0 Å². The van der Waals surface area contributed by atoms with Gasteiger partial charge in [-0.25, -0.2) is 4.98 Å². The number of likely N-dealkylation sites (tertiary alicyclic amines) is 1. The van der Waals surface area contributed by atoms with Gasteiger partial charge in [0.1, 0.15) is 5.82 Å². The molecule has 3 heterocycles. The average molecular weight is 262 g/mol. The molecule has 4 nitrogen and oxygen atoms in total. The number of piperidine rings is 1. The van der Waals surface area contributed by atoms with E-state index in [4.69, 9.17) is 4.98 Å². The van der Waals surface area contributed by atoms with Gasteiger partial charge in [0.05, 0.1) is 5.69 Å². The van der Waals surface area contributed by atoms with Gasteiger partial charge in [0.2, 0.25) is 0 Å². The maximum atomic E-state index is 4.88. The minimum absolute atomic E-state index is 0.653. The molecule has 0 radical (unpaired) electrons. The quantitative estimate of drug-likeness (QED) is 0.879. The van der Waals surface area contributed by atoms with Crippen LogP contribution in [0.4, 0.5) is 0 Å². The van der Waals surface area contributed by atoms with Gasteiger partial charge in [-0.3, -0.25) is 0 Å². The van der Waals surface area contributed by atoms with Crippen molar-refractivity contribution in [2.24, 2.45) is 5.92 Å². The van der Waals surface area contributed by atoms with Crippen molar-refractivity contribution in [1.82, 2.24) is 19.8 Å². The highest BCUT2D eigenvalue weighted by atomic mass is 15.2. The first kappa shape index (κ1) is 13.1. The number of nitrogens with zero attached hydrogens (tertiary/aromatic N) is 3. The summed E-state index contributed by atoms with van der Waals surface area (Å²) in [7, 11) is 2.24. The predicted octanol–water partition coefficient (Wildman–Crippen LogP) is 1.60. The fraction of sp³-hybridized carbons (Fsp3) is 0.800. The van der Waals surface area contributed by atoms with Crippen molar-refractivity contribution in [3.8, 4) is 0 Å². The molecule has 4 heteroatoms. The Morgan fingerprint density at radius 3 is 3.00 bits per heavy atom. The first-order valence-electron chi connectivity index (χ1n) is 7.68. The van der Waals surface area contributed by atoms with Crippen LogP contribution in [0.2, 0.25) is 0 Å². The molecular weight excluding hydrogens is 236 g/mol. The van der Waals surface area contributed by atoms with Crippen molar-refractivity contribution < 1.29 is 0 Å². The molecule has 106 valence electrons. The van der Waals surface area contributed by atoms with Gasteiger partial charge in [0.15, 0.2) is 0 Å². The second-order valence-corrected chi connectivity index (χ2v) is 6.17. The Labute approximate surface area is 116 Å². The Kier molecular flexibility index (Phi) is 3.63. The van der Waals surface area contributed by atoms with Crippen LogP contribution in [0.15, 0.2) is 0 Å². The van der Waals surface area contributed by atoms with E-state index in [1.165, 1.54) is 36.7 Å². The molecule has 1 aromatic heterocycles. The Balaban J connectivity index is 1.96. The second kappa shape index (κ2) is 5.25. The summed E-state index contributed by atoms with van der Waals surface area (Å²) in [5.74, 6) is 2.02. The van der Waals surface area contributed by atoms with Crippen LogP contribution in [0.5, 0.6) is 0 Å². The van der Waals surface area contributed by atoms with Gasteiger partial charge in [-0.15, -0.1) is 0 Å². The third-order valence-corrected chi connectivity index (χ3v) is 4.71. The average Bonchev–Trinajstić information content (AvgIpc) is 2.77. The SMILES string of the molecule is CCc1nc2c(n1C1CCN(C)CC1C)CCNC2. The van der Waals surface area contributed by atoms with Gasteiger partial charge in [-0.1, -0.05) is 13.8 Å². The zero-order valence-electron chi connectivity index (χ0n) is 12.4. The number of fused-ring (bicyclic) bond motifs is 1. The molecule has 0 amide bonds. The number of nitrogens with one attached hydrogen (secondary N) is 1. The largest absolute Gasteiger partial charge is 0.328 e. The van der Waals surface area contributed by atoms with Gasteiger partial charge >= 0.3 is 0 Å². The van der Waals surface area contributed by atoms with Crippen LogP contribution in [-0.2, 0) is 19.4 Å². The van der Waals surface area contributed by atoms with Crippen molar-refractivity contribution in [2.75, 3.05) is 26.7 Å². The molecule has 1 saturated heterocycles. The zero-order valence-corrected chi connectivity index (χ0v) is 12.4. The molecule has 0 saturated carbocycles. The molecule has 2 unspecified atom stereocenters. The number of aryl methyl sites for hydroxylation is 1. The van der Waals surface area contributed by atoms with Crippen LogP contribution in [0.1, 0.15) is 43.5 Å². The van der Waals surface area contributed by atoms with Crippen LogP contribution < -0.4 is 5.32 Å². The first-order chi connectivity index (χ1) is 9.20. The lowest BCUT2D eigenvalue weighted by molar-refractivity contribution is 0.154. The summed E-state index contributed by atoms with van der Waals surface area (Å²) in [5.41, 5.74) is 2.81. The van der Waals surface area contributed by atoms with E-state index in [2.05, 4.69) is 35.7 Å². The maximum Gasteiger partial charge on any atom is 0.109 e. The summed E-state index contributed by atoms with van der Waals surface area (Å²) < 4.78 is 2.60. The van der Waals surface area contributed by atoms with Crippen LogP contribution in [0.3, 0.4) is 0 Å². The number of imidazole rings is 1. The van der Waals surface area contributed by atoms with E-state index in [9.17, 15) is 0 Å². The van der Waals surface area contributed by atoms with Gasteiger partial charge in [-0.05, 0) is 25.9 Å². The normalized spacial score (nSPS) is 28.4. The molecule has 1 N–H and O–H groups in total. The number of aromatic nitrogens is 2. The van der Waals surface area contributed by atoms with E-state index in [0.29, 0.717) is 6.04 Å². The fourth-order valence-electron chi connectivity index (χ4n) is 3.76. The monoisotopic (exact) mass is 262 g/mol. The Hall–Kier alpha value is -0.870. The van der Waals surface area contributed by atoms with E-state index in [1.807, 2.05) is 0 Å². The fourth-order valence-corrected chi connectivity index (χ4v) is 3.76. The van der Waals surface area contributed by atoms with Crippen LogP contribution in [0, 0.1) is 5.92 Å². The van der Waals surface area contributed by atoms with Crippen molar-refractivity contribution in [1.29, 1.82) is 0 Å². The van der Waals surface area contributed by atoms with Gasteiger partial charge in [-0.2, -0.15) is 0 Å². The molecule has 19 heavy (non-hydrogen) atoms. The minimum Gasteiger partial charge on any atom is -0.328 e. The molecular formula is C15H26N4.